The Labute approximate surface area is 240 Å². The fourth-order valence-corrected chi connectivity index (χ4v) is 5.30. The van der Waals surface area contributed by atoms with Crippen molar-refractivity contribution in [1.29, 1.82) is 0 Å². The van der Waals surface area contributed by atoms with Gasteiger partial charge in [-0.25, -0.2) is 9.97 Å². The minimum atomic E-state index is -0.305. The van der Waals surface area contributed by atoms with E-state index in [9.17, 15) is 4.79 Å². The van der Waals surface area contributed by atoms with Crippen LogP contribution in [0.5, 0.6) is 5.75 Å². The summed E-state index contributed by atoms with van der Waals surface area (Å²) in [4.78, 5) is 28.2. The zero-order chi connectivity index (χ0) is 28.4. The highest BCUT2D eigenvalue weighted by Gasteiger charge is 2.41. The molecule has 2 unspecified atom stereocenters. The van der Waals surface area contributed by atoms with Gasteiger partial charge in [0.25, 0.3) is 0 Å². The fourth-order valence-electron chi connectivity index (χ4n) is 5.10. The van der Waals surface area contributed by atoms with Crippen LogP contribution >= 0.6 is 11.6 Å². The van der Waals surface area contributed by atoms with Crippen LogP contribution in [0, 0.1) is 5.92 Å². The molecular formula is C30H36ClN7O2. The molecule has 210 valence electrons. The maximum atomic E-state index is 12.3. The third-order valence-electron chi connectivity index (χ3n) is 7.38. The molecule has 1 aliphatic heterocycles. The summed E-state index contributed by atoms with van der Waals surface area (Å²) in [7, 11) is 7.63. The molecule has 1 fully saturated rings. The predicted octanol–water partition coefficient (Wildman–Crippen LogP) is 4.93. The third kappa shape index (κ3) is 5.85. The van der Waals surface area contributed by atoms with E-state index >= 15 is 0 Å². The number of anilines is 4. The maximum Gasteiger partial charge on any atom is 0.247 e. The first-order valence-corrected chi connectivity index (χ1v) is 13.8. The van der Waals surface area contributed by atoms with Gasteiger partial charge in [0.1, 0.15) is 5.75 Å². The Bertz CT molecular complexity index is 1380. The van der Waals surface area contributed by atoms with Crippen LogP contribution in [0.25, 0.3) is 5.57 Å². The average molecular weight is 562 g/mol. The van der Waals surface area contributed by atoms with Gasteiger partial charge in [0.05, 0.1) is 47.1 Å². The normalized spacial score (nSPS) is 19.4. The Hall–Kier alpha value is -3.82. The minimum Gasteiger partial charge on any atom is -0.494 e. The maximum absolute atomic E-state index is 12.3. The van der Waals surface area contributed by atoms with Crippen LogP contribution < -0.4 is 20.3 Å². The number of nitrogens with zero attached hydrogens (tertiary/aromatic N) is 5. The SMILES string of the molecule is C=CC(=O)Nc1cc(Nc2ncc(Cl)c(C3=CN(C4CC4)C4C=CC=CC34)n2)c(OC)cc1N(C)CCN(C)C. The van der Waals surface area contributed by atoms with Gasteiger partial charge in [0.2, 0.25) is 11.9 Å². The van der Waals surface area contributed by atoms with Gasteiger partial charge in [0, 0.05) is 49.9 Å². The number of hydrogen-bond donors (Lipinski definition) is 2. The highest BCUT2D eigenvalue weighted by atomic mass is 35.5. The Kier molecular flexibility index (Phi) is 8.14. The van der Waals surface area contributed by atoms with Crippen LogP contribution in [-0.4, -0.2) is 79.1 Å². The highest BCUT2D eigenvalue weighted by molar-refractivity contribution is 6.32. The van der Waals surface area contributed by atoms with Crippen molar-refractivity contribution < 1.29 is 9.53 Å². The van der Waals surface area contributed by atoms with E-state index < -0.39 is 0 Å². The Morgan fingerprint density at radius 2 is 1.98 bits per heavy atom. The van der Waals surface area contributed by atoms with E-state index in [4.69, 9.17) is 21.3 Å². The summed E-state index contributed by atoms with van der Waals surface area (Å²) in [5, 5.41) is 6.72. The van der Waals surface area contributed by atoms with Crippen LogP contribution in [0.3, 0.4) is 0 Å². The molecule has 9 nitrogen and oxygen atoms in total. The van der Waals surface area contributed by atoms with Crippen LogP contribution in [0.2, 0.25) is 5.02 Å². The van der Waals surface area contributed by atoms with E-state index in [1.807, 2.05) is 33.3 Å². The summed E-state index contributed by atoms with van der Waals surface area (Å²) >= 11 is 6.67. The first-order chi connectivity index (χ1) is 19.3. The number of nitrogens with one attached hydrogen (secondary N) is 2. The van der Waals surface area contributed by atoms with E-state index in [1.165, 1.54) is 18.9 Å². The first kappa shape index (κ1) is 27.7. The molecule has 2 aromatic rings. The molecule has 0 bridgehead atoms. The summed E-state index contributed by atoms with van der Waals surface area (Å²) < 4.78 is 5.74. The topological polar surface area (TPSA) is 85.9 Å². The fraction of sp³-hybridized carbons (Fsp3) is 0.367. The molecule has 1 amide bonds. The van der Waals surface area contributed by atoms with Gasteiger partial charge in [-0.2, -0.15) is 0 Å². The van der Waals surface area contributed by atoms with Gasteiger partial charge in [0.15, 0.2) is 0 Å². The molecule has 0 radical (unpaired) electrons. The second-order valence-corrected chi connectivity index (χ2v) is 11.0. The number of rotatable bonds is 11. The van der Waals surface area contributed by atoms with Crippen molar-refractivity contribution >= 4 is 46.1 Å². The number of aromatic nitrogens is 2. The second-order valence-electron chi connectivity index (χ2n) is 10.6. The Morgan fingerprint density at radius 1 is 1.20 bits per heavy atom. The van der Waals surface area contributed by atoms with Gasteiger partial charge >= 0.3 is 0 Å². The number of likely N-dealkylation sites (N-methyl/N-ethyl adjacent to an activating group) is 2. The van der Waals surface area contributed by atoms with E-state index in [2.05, 4.69) is 67.4 Å². The molecule has 10 heteroatoms. The lowest BCUT2D eigenvalue weighted by molar-refractivity contribution is -0.111. The summed E-state index contributed by atoms with van der Waals surface area (Å²) in [5.41, 5.74) is 3.83. The first-order valence-electron chi connectivity index (χ1n) is 13.4. The van der Waals surface area contributed by atoms with Gasteiger partial charge in [-0.1, -0.05) is 42.5 Å². The Morgan fingerprint density at radius 3 is 2.67 bits per heavy atom. The van der Waals surface area contributed by atoms with Crippen molar-refractivity contribution in [3.8, 4) is 5.75 Å². The second kappa shape index (κ2) is 11.7. The molecule has 0 spiro atoms. The van der Waals surface area contributed by atoms with Crippen molar-refractivity contribution in [3.05, 3.63) is 72.2 Å². The van der Waals surface area contributed by atoms with Crippen molar-refractivity contribution in [2.75, 3.05) is 56.9 Å². The van der Waals surface area contributed by atoms with E-state index in [0.717, 1.165) is 24.4 Å². The summed E-state index contributed by atoms with van der Waals surface area (Å²) in [6.07, 6.45) is 16.2. The van der Waals surface area contributed by atoms with Crippen LogP contribution in [0.15, 0.2) is 61.5 Å². The zero-order valence-corrected chi connectivity index (χ0v) is 24.2. The number of benzene rings is 1. The van der Waals surface area contributed by atoms with Crippen LogP contribution in [0.4, 0.5) is 23.0 Å². The van der Waals surface area contributed by atoms with Crippen molar-refractivity contribution in [3.63, 3.8) is 0 Å². The lowest BCUT2D eigenvalue weighted by Gasteiger charge is -2.27. The van der Waals surface area contributed by atoms with E-state index in [1.54, 1.807) is 13.3 Å². The number of fused-ring (bicyclic) bond motifs is 1. The van der Waals surface area contributed by atoms with Crippen LogP contribution in [0.1, 0.15) is 18.5 Å². The molecule has 2 N–H and O–H groups in total. The molecule has 2 atom stereocenters. The number of amides is 1. The molecule has 1 aromatic carbocycles. The van der Waals surface area contributed by atoms with Gasteiger partial charge in [-0.15, -0.1) is 0 Å². The summed E-state index contributed by atoms with van der Waals surface area (Å²) in [6, 6.07) is 4.57. The molecule has 1 aromatic heterocycles. The Balaban J connectivity index is 1.48. The predicted molar refractivity (Wildman–Crippen MR) is 162 cm³/mol. The standard InChI is InChI=1S/C30H36ClN7O2/c1-6-28(39)33-23-15-24(27(40-5)16-26(23)37(4)14-13-36(2)3)34-30-32-17-22(31)29(35-30)21-18-38(19-11-12-19)25-10-8-7-9-20(21)25/h6-10,15-20,25H,1,11-14H2,2-5H3,(H,33,39)(H,32,34,35). The number of carbonyl (C=O) groups excluding carboxylic acids is 1. The number of allylic oxidation sites excluding steroid dienone is 2. The monoisotopic (exact) mass is 561 g/mol. The number of methoxy groups -OCH3 is 1. The smallest absolute Gasteiger partial charge is 0.247 e. The highest BCUT2D eigenvalue weighted by Crippen LogP contribution is 2.45. The third-order valence-corrected chi connectivity index (χ3v) is 7.66. The van der Waals surface area contributed by atoms with Crippen molar-refractivity contribution in [2.45, 2.75) is 24.9 Å². The van der Waals surface area contributed by atoms with Gasteiger partial charge in [-0.3, -0.25) is 4.79 Å². The number of ether oxygens (including phenoxy) is 1. The molecule has 3 aliphatic rings. The zero-order valence-electron chi connectivity index (χ0n) is 23.4. The largest absolute Gasteiger partial charge is 0.494 e. The van der Waals surface area contributed by atoms with Gasteiger partial charge in [-0.05, 0) is 39.1 Å². The molecule has 40 heavy (non-hydrogen) atoms. The van der Waals surface area contributed by atoms with Gasteiger partial charge < -0.3 is 30.1 Å². The number of hydrogen-bond acceptors (Lipinski definition) is 8. The molecule has 2 aliphatic carbocycles. The molecular weight excluding hydrogens is 526 g/mol. The molecule has 0 saturated heterocycles. The summed E-state index contributed by atoms with van der Waals surface area (Å²) in [6.45, 7) is 5.19. The van der Waals surface area contributed by atoms with Crippen molar-refractivity contribution in [2.24, 2.45) is 5.92 Å². The van der Waals surface area contributed by atoms with E-state index in [0.29, 0.717) is 39.8 Å². The quantitative estimate of drug-likeness (QED) is 0.373. The lowest BCUT2D eigenvalue weighted by atomic mass is 9.89. The number of halogens is 1. The number of carbonyl (C=O) groups is 1. The van der Waals surface area contributed by atoms with E-state index in [-0.39, 0.29) is 17.9 Å². The molecule has 1 saturated carbocycles. The summed E-state index contributed by atoms with van der Waals surface area (Å²) in [5.74, 6) is 0.841. The average Bonchev–Trinajstić information content (AvgIpc) is 3.73. The molecule has 5 rings (SSSR count). The minimum absolute atomic E-state index is 0.179. The van der Waals surface area contributed by atoms with Crippen molar-refractivity contribution in [1.82, 2.24) is 19.8 Å². The van der Waals surface area contributed by atoms with Crippen LogP contribution in [-0.2, 0) is 4.79 Å². The lowest BCUT2D eigenvalue weighted by Crippen LogP contribution is -2.32. The molecule has 2 heterocycles.